The van der Waals surface area contributed by atoms with Crippen molar-refractivity contribution in [1.82, 2.24) is 14.7 Å². The molecule has 31 heavy (non-hydrogen) atoms. The summed E-state index contributed by atoms with van der Waals surface area (Å²) in [5.74, 6) is -0.891. The fraction of sp³-hybridized carbons (Fsp3) is 0.375. The Bertz CT molecular complexity index is 940. The van der Waals surface area contributed by atoms with Gasteiger partial charge in [0.15, 0.2) is 0 Å². The number of nitrogens with zero attached hydrogens (tertiary/aromatic N) is 3. The Labute approximate surface area is 182 Å². The van der Waals surface area contributed by atoms with Crippen molar-refractivity contribution in [1.29, 1.82) is 0 Å². The normalized spacial score (nSPS) is 18.6. The van der Waals surface area contributed by atoms with Gasteiger partial charge in [0, 0.05) is 26.2 Å². The van der Waals surface area contributed by atoms with Gasteiger partial charge in [-0.15, -0.1) is 0 Å². The number of likely N-dealkylation sites (tertiary alicyclic amines) is 1. The third-order valence-electron chi connectivity index (χ3n) is 6.25. The molecule has 2 aliphatic heterocycles. The summed E-state index contributed by atoms with van der Waals surface area (Å²) in [5.41, 5.74) is 1.25. The number of urea groups is 1. The first kappa shape index (κ1) is 21.1. The number of esters is 1. The highest BCUT2D eigenvalue weighted by Crippen LogP contribution is 2.38. The molecule has 0 radical (unpaired) electrons. The van der Waals surface area contributed by atoms with Gasteiger partial charge in [-0.25, -0.2) is 4.79 Å². The van der Waals surface area contributed by atoms with Crippen LogP contribution in [0.4, 0.5) is 4.79 Å². The van der Waals surface area contributed by atoms with Gasteiger partial charge in [0.2, 0.25) is 0 Å². The standard InChI is InChI=1S/C24H27N3O4/c1-31-21(28)18-26-22(29)24(27(23(26)30)17-20-10-6-3-7-11-20)12-14-25(15-13-24)16-19-8-4-2-5-9-19/h2-11H,12-18H2,1H3. The number of carbonyl (C=O) groups is 3. The van der Waals surface area contributed by atoms with Crippen LogP contribution in [0.15, 0.2) is 60.7 Å². The molecule has 7 heteroatoms. The molecule has 0 atom stereocenters. The number of imide groups is 1. The molecule has 0 aliphatic carbocycles. The lowest BCUT2D eigenvalue weighted by atomic mass is 9.85. The second-order valence-electron chi connectivity index (χ2n) is 8.12. The van der Waals surface area contributed by atoms with E-state index >= 15 is 0 Å². The van der Waals surface area contributed by atoms with Crippen molar-refractivity contribution in [3.8, 4) is 0 Å². The van der Waals surface area contributed by atoms with Crippen LogP contribution in [0.2, 0.25) is 0 Å². The van der Waals surface area contributed by atoms with E-state index in [-0.39, 0.29) is 12.5 Å². The quantitative estimate of drug-likeness (QED) is 0.530. The van der Waals surface area contributed by atoms with Gasteiger partial charge in [0.1, 0.15) is 12.1 Å². The molecule has 4 rings (SSSR count). The van der Waals surface area contributed by atoms with E-state index in [1.54, 1.807) is 4.90 Å². The van der Waals surface area contributed by atoms with Crippen LogP contribution in [0.25, 0.3) is 0 Å². The molecule has 162 valence electrons. The predicted molar refractivity (Wildman–Crippen MR) is 115 cm³/mol. The Morgan fingerprint density at radius 1 is 0.903 bits per heavy atom. The summed E-state index contributed by atoms with van der Waals surface area (Å²) in [4.78, 5) is 43.6. The highest BCUT2D eigenvalue weighted by Gasteiger charge is 2.58. The van der Waals surface area contributed by atoms with Crippen LogP contribution in [-0.2, 0) is 27.4 Å². The Hall–Kier alpha value is -3.19. The van der Waals surface area contributed by atoms with Gasteiger partial charge in [0.25, 0.3) is 5.91 Å². The maximum Gasteiger partial charge on any atom is 0.328 e. The number of hydrogen-bond donors (Lipinski definition) is 0. The van der Waals surface area contributed by atoms with Gasteiger partial charge in [-0.3, -0.25) is 19.4 Å². The molecule has 0 unspecified atom stereocenters. The number of carbonyl (C=O) groups excluding carboxylic acids is 3. The second kappa shape index (κ2) is 8.89. The van der Waals surface area contributed by atoms with Crippen molar-refractivity contribution in [2.24, 2.45) is 0 Å². The zero-order valence-corrected chi connectivity index (χ0v) is 17.7. The van der Waals surface area contributed by atoms with Crippen LogP contribution in [0.5, 0.6) is 0 Å². The Kier molecular flexibility index (Phi) is 6.04. The molecular weight excluding hydrogens is 394 g/mol. The highest BCUT2D eigenvalue weighted by molar-refractivity contribution is 6.08. The molecule has 1 spiro atoms. The van der Waals surface area contributed by atoms with Crippen LogP contribution in [0, 0.1) is 0 Å². The minimum absolute atomic E-state index is 0.293. The molecule has 2 heterocycles. The molecule has 2 fully saturated rings. The molecule has 7 nitrogen and oxygen atoms in total. The van der Waals surface area contributed by atoms with Gasteiger partial charge in [-0.05, 0) is 24.0 Å². The maximum absolute atomic E-state index is 13.4. The van der Waals surface area contributed by atoms with E-state index in [0.29, 0.717) is 32.5 Å². The van der Waals surface area contributed by atoms with E-state index in [4.69, 9.17) is 4.74 Å². The van der Waals surface area contributed by atoms with Gasteiger partial charge in [0.05, 0.1) is 7.11 Å². The van der Waals surface area contributed by atoms with Gasteiger partial charge in [-0.2, -0.15) is 0 Å². The van der Waals surface area contributed by atoms with E-state index in [1.807, 2.05) is 48.5 Å². The van der Waals surface area contributed by atoms with Crippen LogP contribution >= 0.6 is 0 Å². The summed E-state index contributed by atoms with van der Waals surface area (Å²) in [7, 11) is 1.26. The summed E-state index contributed by atoms with van der Waals surface area (Å²) in [5, 5.41) is 0. The number of piperidine rings is 1. The van der Waals surface area contributed by atoms with Crippen molar-refractivity contribution < 1.29 is 19.1 Å². The summed E-state index contributed by atoms with van der Waals surface area (Å²) in [6.07, 6.45) is 1.07. The fourth-order valence-electron chi connectivity index (χ4n) is 4.51. The fourth-order valence-corrected chi connectivity index (χ4v) is 4.51. The van der Waals surface area contributed by atoms with Crippen molar-refractivity contribution in [2.45, 2.75) is 31.5 Å². The van der Waals surface area contributed by atoms with Crippen LogP contribution in [-0.4, -0.2) is 64.9 Å². The molecule has 2 aromatic carbocycles. The van der Waals surface area contributed by atoms with Gasteiger partial charge >= 0.3 is 12.0 Å². The van der Waals surface area contributed by atoms with E-state index in [9.17, 15) is 14.4 Å². The maximum atomic E-state index is 13.4. The number of hydrogen-bond acceptors (Lipinski definition) is 5. The Morgan fingerprint density at radius 2 is 1.45 bits per heavy atom. The molecule has 0 N–H and O–H groups in total. The van der Waals surface area contributed by atoms with E-state index in [1.165, 1.54) is 12.7 Å². The molecule has 2 aromatic rings. The lowest BCUT2D eigenvalue weighted by molar-refractivity contribution is -0.146. The smallest absolute Gasteiger partial charge is 0.328 e. The summed E-state index contributed by atoms with van der Waals surface area (Å²) in [6.45, 7) is 2.19. The summed E-state index contributed by atoms with van der Waals surface area (Å²) >= 11 is 0. The first-order valence-electron chi connectivity index (χ1n) is 10.5. The van der Waals surface area contributed by atoms with Crippen LogP contribution < -0.4 is 0 Å². The van der Waals surface area contributed by atoms with Crippen molar-refractivity contribution >= 4 is 17.9 Å². The third-order valence-corrected chi connectivity index (χ3v) is 6.25. The number of methoxy groups -OCH3 is 1. The zero-order valence-electron chi connectivity index (χ0n) is 17.7. The minimum atomic E-state index is -0.922. The third kappa shape index (κ3) is 4.18. The molecule has 0 bridgehead atoms. The summed E-state index contributed by atoms with van der Waals surface area (Å²) < 4.78 is 4.71. The van der Waals surface area contributed by atoms with E-state index in [0.717, 1.165) is 17.0 Å². The number of rotatable bonds is 6. The van der Waals surface area contributed by atoms with Gasteiger partial charge < -0.3 is 9.64 Å². The lowest BCUT2D eigenvalue weighted by Gasteiger charge is -2.42. The van der Waals surface area contributed by atoms with Crippen LogP contribution in [0.1, 0.15) is 24.0 Å². The summed E-state index contributed by atoms with van der Waals surface area (Å²) in [6, 6.07) is 19.4. The van der Waals surface area contributed by atoms with Crippen molar-refractivity contribution in [2.75, 3.05) is 26.7 Å². The second-order valence-corrected chi connectivity index (χ2v) is 8.12. The number of amides is 3. The monoisotopic (exact) mass is 421 g/mol. The number of benzene rings is 2. The van der Waals surface area contributed by atoms with Crippen molar-refractivity contribution in [3.05, 3.63) is 71.8 Å². The average molecular weight is 421 g/mol. The largest absolute Gasteiger partial charge is 0.468 e. The Balaban J connectivity index is 1.55. The van der Waals surface area contributed by atoms with E-state index < -0.39 is 17.5 Å². The predicted octanol–water partition coefficient (Wildman–Crippen LogP) is 2.66. The molecule has 3 amide bonds. The molecular formula is C24H27N3O4. The highest BCUT2D eigenvalue weighted by atomic mass is 16.5. The first-order valence-corrected chi connectivity index (χ1v) is 10.5. The van der Waals surface area contributed by atoms with E-state index in [2.05, 4.69) is 17.0 Å². The van der Waals surface area contributed by atoms with Crippen LogP contribution in [0.3, 0.4) is 0 Å². The molecule has 0 aromatic heterocycles. The molecule has 2 aliphatic rings. The SMILES string of the molecule is COC(=O)CN1C(=O)N(Cc2ccccc2)C2(CCN(Cc3ccccc3)CC2)C1=O. The first-order chi connectivity index (χ1) is 15.0. The number of ether oxygens (including phenoxy) is 1. The topological polar surface area (TPSA) is 70.2 Å². The lowest BCUT2D eigenvalue weighted by Crippen LogP contribution is -2.56. The van der Waals surface area contributed by atoms with Gasteiger partial charge in [-0.1, -0.05) is 60.7 Å². The Morgan fingerprint density at radius 3 is 2.00 bits per heavy atom. The van der Waals surface area contributed by atoms with Crippen molar-refractivity contribution in [3.63, 3.8) is 0 Å². The molecule has 0 saturated carbocycles. The zero-order chi connectivity index (χ0) is 21.8. The minimum Gasteiger partial charge on any atom is -0.468 e. The average Bonchev–Trinajstić information content (AvgIpc) is 2.98. The molecule has 2 saturated heterocycles.